The summed E-state index contributed by atoms with van der Waals surface area (Å²) in [6.45, 7) is 6.31. The Morgan fingerprint density at radius 3 is 2.31 bits per heavy atom. The van der Waals surface area contributed by atoms with Gasteiger partial charge in [-0.2, -0.15) is 9.97 Å². The van der Waals surface area contributed by atoms with E-state index in [1.54, 1.807) is 6.08 Å². The number of rotatable bonds is 4. The van der Waals surface area contributed by atoms with Crippen molar-refractivity contribution in [2.24, 2.45) is 5.84 Å². The third-order valence-corrected chi connectivity index (χ3v) is 2.16. The fourth-order valence-corrected chi connectivity index (χ4v) is 1.35. The molecule has 0 aliphatic rings. The average molecular weight is 222 g/mol. The van der Waals surface area contributed by atoms with Crippen LogP contribution >= 0.6 is 0 Å². The molecule has 16 heavy (non-hydrogen) atoms. The number of nitrogen functional groups attached to an aromatic ring is 1. The van der Waals surface area contributed by atoms with Crippen LogP contribution in [0, 0.1) is 0 Å². The largest absolute Gasteiger partial charge is 0.368 e. The standard InChI is InChI=1S/C10H18N6/c1-5-7-8(15(3)4)13-10(11)14-9(7)16(12)6-2/h5H,1,6,12H2,2-4H3,(H2,11,13,14). The van der Waals surface area contributed by atoms with Gasteiger partial charge in [0, 0.05) is 20.6 Å². The Balaban J connectivity index is 3.41. The summed E-state index contributed by atoms with van der Waals surface area (Å²) < 4.78 is 0. The van der Waals surface area contributed by atoms with Gasteiger partial charge in [-0.1, -0.05) is 12.7 Å². The minimum Gasteiger partial charge on any atom is -0.368 e. The average Bonchev–Trinajstić information content (AvgIpc) is 2.26. The summed E-state index contributed by atoms with van der Waals surface area (Å²) in [5, 5.41) is 1.52. The Hall–Kier alpha value is -1.82. The molecule has 4 N–H and O–H groups in total. The number of hydrogen-bond acceptors (Lipinski definition) is 6. The first kappa shape index (κ1) is 12.3. The van der Waals surface area contributed by atoms with Gasteiger partial charge in [0.25, 0.3) is 0 Å². The molecule has 1 aromatic heterocycles. The zero-order valence-corrected chi connectivity index (χ0v) is 9.94. The van der Waals surface area contributed by atoms with Crippen LogP contribution in [0.15, 0.2) is 6.58 Å². The van der Waals surface area contributed by atoms with Gasteiger partial charge in [-0.15, -0.1) is 0 Å². The summed E-state index contributed by atoms with van der Waals surface area (Å²) in [6.07, 6.45) is 1.68. The fraction of sp³-hybridized carbons (Fsp3) is 0.400. The lowest BCUT2D eigenvalue weighted by Gasteiger charge is -2.22. The summed E-state index contributed by atoms with van der Waals surface area (Å²) in [6, 6.07) is 0. The van der Waals surface area contributed by atoms with Crippen molar-refractivity contribution >= 4 is 23.7 Å². The van der Waals surface area contributed by atoms with Crippen LogP contribution in [0.2, 0.25) is 0 Å². The smallest absolute Gasteiger partial charge is 0.224 e. The van der Waals surface area contributed by atoms with Crippen LogP contribution in [0.5, 0.6) is 0 Å². The number of aromatic nitrogens is 2. The van der Waals surface area contributed by atoms with Crippen LogP contribution in [0.1, 0.15) is 12.5 Å². The molecule has 0 saturated carbocycles. The van der Waals surface area contributed by atoms with Crippen LogP contribution in [-0.2, 0) is 0 Å². The SMILES string of the molecule is C=Cc1c(N(C)C)nc(N)nc1N(N)CC. The minimum atomic E-state index is 0.202. The highest BCUT2D eigenvalue weighted by Gasteiger charge is 2.15. The predicted molar refractivity (Wildman–Crippen MR) is 68.1 cm³/mol. The summed E-state index contributed by atoms with van der Waals surface area (Å²) in [5.74, 6) is 7.33. The second-order valence-corrected chi connectivity index (χ2v) is 3.53. The van der Waals surface area contributed by atoms with Crippen molar-refractivity contribution in [2.75, 3.05) is 36.3 Å². The van der Waals surface area contributed by atoms with Crippen molar-refractivity contribution in [2.45, 2.75) is 6.92 Å². The number of hydrogen-bond donors (Lipinski definition) is 2. The Bertz CT molecular complexity index is 387. The molecule has 6 heteroatoms. The highest BCUT2D eigenvalue weighted by molar-refractivity contribution is 5.74. The first-order valence-electron chi connectivity index (χ1n) is 5.00. The Kier molecular flexibility index (Phi) is 3.68. The zero-order valence-electron chi connectivity index (χ0n) is 9.94. The number of nitrogens with two attached hydrogens (primary N) is 2. The maximum Gasteiger partial charge on any atom is 0.224 e. The molecule has 0 radical (unpaired) electrons. The minimum absolute atomic E-state index is 0.202. The molecular formula is C10H18N6. The maximum absolute atomic E-state index is 5.83. The number of nitrogens with zero attached hydrogens (tertiary/aromatic N) is 4. The molecule has 0 aliphatic carbocycles. The predicted octanol–water partition coefficient (Wildman–Crippen LogP) is 0.468. The van der Waals surface area contributed by atoms with E-state index in [2.05, 4.69) is 16.5 Å². The third kappa shape index (κ3) is 2.22. The van der Waals surface area contributed by atoms with E-state index in [1.807, 2.05) is 25.9 Å². The lowest BCUT2D eigenvalue weighted by Crippen LogP contribution is -2.32. The summed E-state index contributed by atoms with van der Waals surface area (Å²) in [5.41, 5.74) is 6.43. The molecule has 1 aromatic rings. The van der Waals surface area contributed by atoms with Gasteiger partial charge in [0.05, 0.1) is 5.56 Å². The molecule has 0 saturated heterocycles. The zero-order chi connectivity index (χ0) is 12.3. The topological polar surface area (TPSA) is 84.3 Å². The Labute approximate surface area is 95.5 Å². The van der Waals surface area contributed by atoms with Gasteiger partial charge < -0.3 is 10.6 Å². The first-order chi connectivity index (χ1) is 7.51. The lowest BCUT2D eigenvalue weighted by atomic mass is 10.2. The van der Waals surface area contributed by atoms with Crippen LogP contribution in [0.25, 0.3) is 6.08 Å². The number of anilines is 3. The van der Waals surface area contributed by atoms with Gasteiger partial charge in [-0.3, -0.25) is 5.01 Å². The molecule has 0 bridgehead atoms. The Morgan fingerprint density at radius 2 is 1.88 bits per heavy atom. The van der Waals surface area contributed by atoms with Crippen molar-refractivity contribution in [1.29, 1.82) is 0 Å². The normalized spacial score (nSPS) is 10.0. The maximum atomic E-state index is 5.83. The van der Waals surface area contributed by atoms with Crippen LogP contribution in [0.3, 0.4) is 0 Å². The van der Waals surface area contributed by atoms with Gasteiger partial charge in [0.15, 0.2) is 5.82 Å². The summed E-state index contributed by atoms with van der Waals surface area (Å²) >= 11 is 0. The second kappa shape index (κ2) is 4.80. The van der Waals surface area contributed by atoms with Crippen molar-refractivity contribution in [3.8, 4) is 0 Å². The van der Waals surface area contributed by atoms with Gasteiger partial charge in [-0.05, 0) is 6.92 Å². The molecule has 0 unspecified atom stereocenters. The molecule has 0 aliphatic heterocycles. The van der Waals surface area contributed by atoms with E-state index in [-0.39, 0.29) is 5.95 Å². The van der Waals surface area contributed by atoms with E-state index in [0.29, 0.717) is 18.2 Å². The summed E-state index contributed by atoms with van der Waals surface area (Å²) in [4.78, 5) is 10.1. The van der Waals surface area contributed by atoms with E-state index in [1.165, 1.54) is 5.01 Å². The molecule has 1 rings (SSSR count). The van der Waals surface area contributed by atoms with E-state index < -0.39 is 0 Å². The van der Waals surface area contributed by atoms with Gasteiger partial charge in [0.1, 0.15) is 5.82 Å². The van der Waals surface area contributed by atoms with Gasteiger partial charge in [-0.25, -0.2) is 5.84 Å². The van der Waals surface area contributed by atoms with Crippen LogP contribution in [0.4, 0.5) is 17.6 Å². The van der Waals surface area contributed by atoms with Crippen molar-refractivity contribution in [3.05, 3.63) is 12.1 Å². The summed E-state index contributed by atoms with van der Waals surface area (Å²) in [7, 11) is 3.76. The molecule has 0 aromatic carbocycles. The van der Waals surface area contributed by atoms with E-state index in [9.17, 15) is 0 Å². The molecular weight excluding hydrogens is 204 g/mol. The molecule has 88 valence electrons. The van der Waals surface area contributed by atoms with E-state index >= 15 is 0 Å². The van der Waals surface area contributed by atoms with Crippen molar-refractivity contribution in [3.63, 3.8) is 0 Å². The second-order valence-electron chi connectivity index (χ2n) is 3.53. The third-order valence-electron chi connectivity index (χ3n) is 2.16. The molecule has 0 amide bonds. The molecule has 0 fully saturated rings. The Morgan fingerprint density at radius 1 is 1.31 bits per heavy atom. The monoisotopic (exact) mass is 222 g/mol. The molecule has 1 heterocycles. The van der Waals surface area contributed by atoms with Crippen LogP contribution in [-0.4, -0.2) is 30.6 Å². The molecule has 6 nitrogen and oxygen atoms in total. The fourth-order valence-electron chi connectivity index (χ4n) is 1.35. The van der Waals surface area contributed by atoms with E-state index in [4.69, 9.17) is 11.6 Å². The number of hydrazine groups is 1. The van der Waals surface area contributed by atoms with Gasteiger partial charge in [0.2, 0.25) is 5.95 Å². The highest BCUT2D eigenvalue weighted by Crippen LogP contribution is 2.26. The molecule has 0 atom stereocenters. The lowest BCUT2D eigenvalue weighted by molar-refractivity contribution is 0.860. The first-order valence-corrected chi connectivity index (χ1v) is 5.00. The van der Waals surface area contributed by atoms with Gasteiger partial charge >= 0.3 is 0 Å². The van der Waals surface area contributed by atoms with Crippen molar-refractivity contribution in [1.82, 2.24) is 9.97 Å². The van der Waals surface area contributed by atoms with Crippen LogP contribution < -0.4 is 21.5 Å². The highest BCUT2D eigenvalue weighted by atomic mass is 15.4. The quantitative estimate of drug-likeness (QED) is 0.569. The van der Waals surface area contributed by atoms with E-state index in [0.717, 1.165) is 5.56 Å². The van der Waals surface area contributed by atoms with Crippen molar-refractivity contribution < 1.29 is 0 Å². The molecule has 0 spiro atoms.